The number of hydrogen-bond donors (Lipinski definition) is 3. The second kappa shape index (κ2) is 6.73. The van der Waals surface area contributed by atoms with Crippen LogP contribution in [0.25, 0.3) is 0 Å². The summed E-state index contributed by atoms with van der Waals surface area (Å²) in [5.74, 6) is 0.119. The molecule has 1 heterocycles. The van der Waals surface area contributed by atoms with Gasteiger partial charge in [-0.25, -0.2) is 13.1 Å². The number of rotatable bonds is 8. The minimum atomic E-state index is -3.13. The first-order valence-corrected chi connectivity index (χ1v) is 7.31. The molecule has 0 aliphatic carbocycles. The van der Waals surface area contributed by atoms with Gasteiger partial charge in [0.1, 0.15) is 0 Å². The fraction of sp³-hybridized carbons (Fsp3) is 0.700. The normalized spacial score (nSPS) is 11.9. The molecular weight excluding hydrogens is 240 g/mol. The zero-order valence-electron chi connectivity index (χ0n) is 10.3. The van der Waals surface area contributed by atoms with Crippen molar-refractivity contribution in [3.8, 4) is 0 Å². The quantitative estimate of drug-likeness (QED) is 0.564. The summed E-state index contributed by atoms with van der Waals surface area (Å²) >= 11 is 0. The Morgan fingerprint density at radius 3 is 2.76 bits per heavy atom. The lowest BCUT2D eigenvalue weighted by atomic mass is 10.1. The molecule has 0 saturated carbocycles. The average molecular weight is 260 g/mol. The van der Waals surface area contributed by atoms with E-state index < -0.39 is 10.0 Å². The van der Waals surface area contributed by atoms with E-state index in [-0.39, 0.29) is 5.75 Å². The van der Waals surface area contributed by atoms with Crippen molar-refractivity contribution in [1.29, 1.82) is 0 Å². The predicted octanol–water partition coefficient (Wildman–Crippen LogP) is -0.210. The minimum Gasteiger partial charge on any atom is -0.319 e. The zero-order valence-corrected chi connectivity index (χ0v) is 11.1. The Morgan fingerprint density at radius 2 is 2.18 bits per heavy atom. The summed E-state index contributed by atoms with van der Waals surface area (Å²) in [5.41, 5.74) is 2.18. The Balaban J connectivity index is 2.22. The van der Waals surface area contributed by atoms with Crippen molar-refractivity contribution < 1.29 is 8.42 Å². The van der Waals surface area contributed by atoms with E-state index in [1.165, 1.54) is 0 Å². The molecular formula is C10H20N4O2S. The van der Waals surface area contributed by atoms with Crippen LogP contribution >= 0.6 is 0 Å². The smallest absolute Gasteiger partial charge is 0.212 e. The van der Waals surface area contributed by atoms with Gasteiger partial charge in [-0.3, -0.25) is 5.10 Å². The Bertz CT molecular complexity index is 427. The van der Waals surface area contributed by atoms with Crippen molar-refractivity contribution in [2.24, 2.45) is 0 Å². The van der Waals surface area contributed by atoms with Gasteiger partial charge in [0.25, 0.3) is 0 Å². The molecule has 98 valence electrons. The first-order chi connectivity index (χ1) is 8.05. The molecule has 0 saturated heterocycles. The minimum absolute atomic E-state index is 0.119. The summed E-state index contributed by atoms with van der Waals surface area (Å²) in [6.07, 6.45) is 3.39. The van der Waals surface area contributed by atoms with Crippen molar-refractivity contribution in [3.63, 3.8) is 0 Å². The van der Waals surface area contributed by atoms with Crippen molar-refractivity contribution >= 4 is 10.0 Å². The highest BCUT2D eigenvalue weighted by Crippen LogP contribution is 2.05. The van der Waals surface area contributed by atoms with Gasteiger partial charge in [-0.15, -0.1) is 0 Å². The van der Waals surface area contributed by atoms with Crippen LogP contribution in [0, 0.1) is 6.92 Å². The average Bonchev–Trinajstić information content (AvgIpc) is 2.68. The molecule has 0 aromatic carbocycles. The van der Waals surface area contributed by atoms with Gasteiger partial charge in [0.05, 0.1) is 11.9 Å². The third-order valence-electron chi connectivity index (χ3n) is 2.50. The van der Waals surface area contributed by atoms with Crippen molar-refractivity contribution in [3.05, 3.63) is 17.5 Å². The van der Waals surface area contributed by atoms with Crippen molar-refractivity contribution in [2.75, 3.05) is 25.9 Å². The first kappa shape index (κ1) is 14.1. The van der Waals surface area contributed by atoms with Gasteiger partial charge >= 0.3 is 0 Å². The predicted molar refractivity (Wildman–Crippen MR) is 67.4 cm³/mol. The van der Waals surface area contributed by atoms with Crippen LogP contribution in [-0.2, 0) is 16.4 Å². The molecule has 0 aliphatic rings. The highest BCUT2D eigenvalue weighted by Gasteiger charge is 2.08. The summed E-state index contributed by atoms with van der Waals surface area (Å²) in [7, 11) is -1.40. The maximum atomic E-state index is 11.4. The number of nitrogens with zero attached hydrogens (tertiary/aromatic N) is 1. The van der Waals surface area contributed by atoms with E-state index in [1.807, 2.05) is 6.92 Å². The Morgan fingerprint density at radius 1 is 1.41 bits per heavy atom. The standard InChI is InChI=1S/C10H20N4O2S/c1-9-10(8-12-14-9)4-3-5-13-17(15,16)7-6-11-2/h8,11,13H,3-7H2,1-2H3,(H,12,14). The maximum Gasteiger partial charge on any atom is 0.212 e. The molecule has 6 nitrogen and oxygen atoms in total. The van der Waals surface area contributed by atoms with Gasteiger partial charge in [-0.1, -0.05) is 0 Å². The number of nitrogens with one attached hydrogen (secondary N) is 3. The van der Waals surface area contributed by atoms with Crippen LogP contribution in [0.1, 0.15) is 17.7 Å². The molecule has 17 heavy (non-hydrogen) atoms. The maximum absolute atomic E-state index is 11.4. The highest BCUT2D eigenvalue weighted by molar-refractivity contribution is 7.89. The molecule has 0 unspecified atom stereocenters. The summed E-state index contributed by atoms with van der Waals surface area (Å²) in [6, 6.07) is 0. The van der Waals surface area contributed by atoms with Crippen LogP contribution in [0.5, 0.6) is 0 Å². The zero-order chi connectivity index (χ0) is 12.7. The number of sulfonamides is 1. The molecule has 0 atom stereocenters. The molecule has 0 bridgehead atoms. The van der Waals surface area contributed by atoms with E-state index in [0.717, 1.165) is 24.1 Å². The van der Waals surface area contributed by atoms with Gasteiger partial charge in [0.15, 0.2) is 0 Å². The third kappa shape index (κ3) is 5.29. The Kier molecular flexibility index (Phi) is 5.60. The van der Waals surface area contributed by atoms with Gasteiger partial charge < -0.3 is 5.32 Å². The molecule has 0 radical (unpaired) electrons. The highest BCUT2D eigenvalue weighted by atomic mass is 32.2. The van der Waals surface area contributed by atoms with E-state index in [4.69, 9.17) is 0 Å². The van der Waals surface area contributed by atoms with Gasteiger partial charge in [0, 0.05) is 18.8 Å². The number of aromatic amines is 1. The molecule has 0 aliphatic heterocycles. The lowest BCUT2D eigenvalue weighted by Gasteiger charge is -2.05. The fourth-order valence-corrected chi connectivity index (χ4v) is 2.52. The number of aromatic nitrogens is 2. The largest absolute Gasteiger partial charge is 0.319 e. The van der Waals surface area contributed by atoms with Crippen LogP contribution in [0.2, 0.25) is 0 Å². The number of hydrogen-bond acceptors (Lipinski definition) is 4. The van der Waals surface area contributed by atoms with Gasteiger partial charge in [-0.2, -0.15) is 5.10 Å². The second-order valence-electron chi connectivity index (χ2n) is 3.94. The van der Waals surface area contributed by atoms with E-state index in [0.29, 0.717) is 13.1 Å². The van der Waals surface area contributed by atoms with Crippen molar-refractivity contribution in [2.45, 2.75) is 19.8 Å². The summed E-state index contributed by atoms with van der Waals surface area (Å²) < 4.78 is 25.5. The summed E-state index contributed by atoms with van der Waals surface area (Å²) in [6.45, 7) is 2.90. The molecule has 1 rings (SSSR count). The Hall–Kier alpha value is -0.920. The first-order valence-electron chi connectivity index (χ1n) is 5.66. The van der Waals surface area contributed by atoms with Crippen LogP contribution in [0.15, 0.2) is 6.20 Å². The number of aryl methyl sites for hydroxylation is 2. The second-order valence-corrected chi connectivity index (χ2v) is 5.87. The summed E-state index contributed by atoms with van der Waals surface area (Å²) in [4.78, 5) is 0. The van der Waals surface area contributed by atoms with E-state index in [9.17, 15) is 8.42 Å². The van der Waals surface area contributed by atoms with E-state index in [2.05, 4.69) is 20.2 Å². The fourth-order valence-electron chi connectivity index (χ4n) is 1.44. The molecule has 0 fully saturated rings. The van der Waals surface area contributed by atoms with E-state index >= 15 is 0 Å². The SMILES string of the molecule is CNCCS(=O)(=O)NCCCc1cn[nH]c1C. The van der Waals surface area contributed by atoms with Crippen LogP contribution < -0.4 is 10.0 Å². The number of H-pyrrole nitrogens is 1. The lowest BCUT2D eigenvalue weighted by Crippen LogP contribution is -2.31. The molecule has 3 N–H and O–H groups in total. The summed E-state index contributed by atoms with van der Waals surface area (Å²) in [5, 5.41) is 9.59. The van der Waals surface area contributed by atoms with Gasteiger partial charge in [-0.05, 0) is 32.4 Å². The van der Waals surface area contributed by atoms with Crippen LogP contribution in [0.4, 0.5) is 0 Å². The molecule has 1 aromatic rings. The van der Waals surface area contributed by atoms with E-state index in [1.54, 1.807) is 13.2 Å². The molecule has 0 amide bonds. The molecule has 0 spiro atoms. The van der Waals surface area contributed by atoms with Crippen molar-refractivity contribution in [1.82, 2.24) is 20.2 Å². The Labute approximate surface area is 102 Å². The lowest BCUT2D eigenvalue weighted by molar-refractivity contribution is 0.576. The molecule has 7 heteroatoms. The monoisotopic (exact) mass is 260 g/mol. The van der Waals surface area contributed by atoms with Crippen LogP contribution in [0.3, 0.4) is 0 Å². The topological polar surface area (TPSA) is 86.9 Å². The van der Waals surface area contributed by atoms with Crippen LogP contribution in [-0.4, -0.2) is 44.5 Å². The van der Waals surface area contributed by atoms with Gasteiger partial charge in [0.2, 0.25) is 10.0 Å². The molecule has 1 aromatic heterocycles. The third-order valence-corrected chi connectivity index (χ3v) is 3.89.